The van der Waals surface area contributed by atoms with E-state index in [0.29, 0.717) is 24.0 Å². The Balaban J connectivity index is 2.32. The molecule has 0 saturated carbocycles. The Bertz CT molecular complexity index is 350. The molecular formula is C10H10BrClO2. The number of methoxy groups -OCH3 is 1. The first-order valence-corrected chi connectivity index (χ1v) is 5.43. The molecule has 14 heavy (non-hydrogen) atoms. The maximum Gasteiger partial charge on any atom is 0.137 e. The van der Waals surface area contributed by atoms with Gasteiger partial charge in [-0.15, -0.1) is 0 Å². The lowest BCUT2D eigenvalue weighted by molar-refractivity contribution is -0.00699. The number of rotatable bonds is 2. The Morgan fingerprint density at radius 2 is 2.21 bits per heavy atom. The van der Waals surface area contributed by atoms with Crippen LogP contribution in [0.15, 0.2) is 18.2 Å². The summed E-state index contributed by atoms with van der Waals surface area (Å²) in [5.74, 6) is 0.701. The molecule has 0 aromatic heterocycles. The van der Waals surface area contributed by atoms with Crippen LogP contribution in [0, 0.1) is 0 Å². The predicted molar refractivity (Wildman–Crippen MR) is 59.4 cm³/mol. The molecule has 0 amide bonds. The second kappa shape index (κ2) is 3.72. The zero-order chi connectivity index (χ0) is 10.2. The van der Waals surface area contributed by atoms with Gasteiger partial charge in [0.25, 0.3) is 0 Å². The van der Waals surface area contributed by atoms with Gasteiger partial charge in [0.15, 0.2) is 0 Å². The summed E-state index contributed by atoms with van der Waals surface area (Å²) in [6.07, 6.45) is 0. The molecule has 4 heteroatoms. The quantitative estimate of drug-likeness (QED) is 0.774. The maximum atomic E-state index is 6.03. The summed E-state index contributed by atoms with van der Waals surface area (Å²) in [6, 6.07) is 5.79. The average molecular weight is 278 g/mol. The van der Waals surface area contributed by atoms with E-state index in [0.717, 1.165) is 5.56 Å². The fourth-order valence-corrected chi connectivity index (χ4v) is 2.22. The molecule has 2 rings (SSSR count). The van der Waals surface area contributed by atoms with Gasteiger partial charge in [0.05, 0.1) is 29.7 Å². The molecule has 0 atom stereocenters. The summed E-state index contributed by atoms with van der Waals surface area (Å²) in [7, 11) is 1.61. The Morgan fingerprint density at radius 1 is 1.50 bits per heavy atom. The van der Waals surface area contributed by atoms with Crippen molar-refractivity contribution in [3.05, 3.63) is 28.8 Å². The first-order valence-electron chi connectivity index (χ1n) is 4.26. The Morgan fingerprint density at radius 3 is 2.64 bits per heavy atom. The van der Waals surface area contributed by atoms with Crippen molar-refractivity contribution in [2.24, 2.45) is 0 Å². The minimum atomic E-state index is -0.0527. The highest BCUT2D eigenvalue weighted by Gasteiger charge is 2.37. The van der Waals surface area contributed by atoms with E-state index in [1.807, 2.05) is 18.2 Å². The second-order valence-corrected chi connectivity index (χ2v) is 5.23. The van der Waals surface area contributed by atoms with E-state index in [2.05, 4.69) is 15.9 Å². The molecule has 0 radical (unpaired) electrons. The monoisotopic (exact) mass is 276 g/mol. The van der Waals surface area contributed by atoms with Gasteiger partial charge in [0.2, 0.25) is 0 Å². The van der Waals surface area contributed by atoms with Crippen LogP contribution in [0.25, 0.3) is 0 Å². The van der Waals surface area contributed by atoms with E-state index in [1.165, 1.54) is 0 Å². The molecule has 0 spiro atoms. The average Bonchev–Trinajstić information content (AvgIpc) is 2.14. The molecule has 1 saturated heterocycles. The topological polar surface area (TPSA) is 18.5 Å². The van der Waals surface area contributed by atoms with Crippen LogP contribution in [0.1, 0.15) is 5.56 Å². The Hall–Kier alpha value is -0.250. The van der Waals surface area contributed by atoms with Gasteiger partial charge < -0.3 is 9.47 Å². The van der Waals surface area contributed by atoms with E-state index in [-0.39, 0.29) is 4.32 Å². The molecule has 0 unspecified atom stereocenters. The van der Waals surface area contributed by atoms with Gasteiger partial charge in [-0.3, -0.25) is 0 Å². The molecule has 0 bridgehead atoms. The number of halogens is 2. The third-order valence-corrected chi connectivity index (χ3v) is 3.54. The van der Waals surface area contributed by atoms with Gasteiger partial charge in [0.1, 0.15) is 5.75 Å². The highest BCUT2D eigenvalue weighted by Crippen LogP contribution is 2.40. The largest absolute Gasteiger partial charge is 0.495 e. The minimum Gasteiger partial charge on any atom is -0.495 e. The lowest BCUT2D eigenvalue weighted by atomic mass is 9.97. The highest BCUT2D eigenvalue weighted by molar-refractivity contribution is 9.09. The zero-order valence-corrected chi connectivity index (χ0v) is 10.1. The van der Waals surface area contributed by atoms with Crippen LogP contribution in [-0.4, -0.2) is 20.3 Å². The minimum absolute atomic E-state index is 0.0527. The fourth-order valence-electron chi connectivity index (χ4n) is 1.39. The number of benzene rings is 1. The first-order chi connectivity index (χ1) is 6.65. The van der Waals surface area contributed by atoms with E-state index in [9.17, 15) is 0 Å². The van der Waals surface area contributed by atoms with Crippen molar-refractivity contribution >= 4 is 27.5 Å². The summed E-state index contributed by atoms with van der Waals surface area (Å²) >= 11 is 9.66. The molecule has 1 aliphatic heterocycles. The van der Waals surface area contributed by atoms with Gasteiger partial charge in [-0.2, -0.15) is 0 Å². The van der Waals surface area contributed by atoms with Crippen molar-refractivity contribution in [3.8, 4) is 5.75 Å². The molecule has 1 aromatic rings. The number of hydrogen-bond donors (Lipinski definition) is 0. The van der Waals surface area contributed by atoms with Gasteiger partial charge in [-0.1, -0.05) is 33.6 Å². The van der Waals surface area contributed by atoms with Crippen molar-refractivity contribution in [3.63, 3.8) is 0 Å². The molecule has 2 nitrogen and oxygen atoms in total. The van der Waals surface area contributed by atoms with E-state index >= 15 is 0 Å². The molecule has 1 aliphatic rings. The van der Waals surface area contributed by atoms with E-state index < -0.39 is 0 Å². The van der Waals surface area contributed by atoms with Crippen LogP contribution < -0.4 is 4.74 Å². The van der Waals surface area contributed by atoms with Crippen molar-refractivity contribution < 1.29 is 9.47 Å². The smallest absolute Gasteiger partial charge is 0.137 e. The van der Waals surface area contributed by atoms with Crippen LogP contribution in [0.4, 0.5) is 0 Å². The van der Waals surface area contributed by atoms with Gasteiger partial charge >= 0.3 is 0 Å². The SMILES string of the molecule is COc1ccc(C2(Br)COC2)cc1Cl. The summed E-state index contributed by atoms with van der Waals surface area (Å²) in [5, 5.41) is 0.635. The molecule has 1 heterocycles. The zero-order valence-electron chi connectivity index (χ0n) is 7.72. The summed E-state index contributed by atoms with van der Waals surface area (Å²) in [4.78, 5) is 0. The highest BCUT2D eigenvalue weighted by atomic mass is 79.9. The maximum absolute atomic E-state index is 6.03. The third-order valence-electron chi connectivity index (χ3n) is 2.33. The Kier molecular flexibility index (Phi) is 2.73. The number of hydrogen-bond acceptors (Lipinski definition) is 2. The summed E-state index contributed by atoms with van der Waals surface area (Å²) in [6.45, 7) is 1.38. The first kappa shape index (κ1) is 10.3. The number of alkyl halides is 1. The number of ether oxygens (including phenoxy) is 2. The van der Waals surface area contributed by atoms with Crippen LogP contribution in [0.5, 0.6) is 5.75 Å². The molecular weight excluding hydrogens is 267 g/mol. The van der Waals surface area contributed by atoms with Crippen molar-refractivity contribution in [2.75, 3.05) is 20.3 Å². The van der Waals surface area contributed by atoms with Crippen molar-refractivity contribution in [2.45, 2.75) is 4.32 Å². The third kappa shape index (κ3) is 1.64. The van der Waals surface area contributed by atoms with Gasteiger partial charge in [-0.05, 0) is 17.7 Å². The standard InChI is InChI=1S/C10H10BrClO2/c1-13-9-3-2-7(4-8(9)12)10(11)5-14-6-10/h2-4H,5-6H2,1H3. The van der Waals surface area contributed by atoms with Crippen LogP contribution in [0.3, 0.4) is 0 Å². The predicted octanol–water partition coefficient (Wildman–Crippen LogP) is 2.97. The normalized spacial score (nSPS) is 18.8. The second-order valence-electron chi connectivity index (χ2n) is 3.31. The lowest BCUT2D eigenvalue weighted by Gasteiger charge is -2.36. The van der Waals surface area contributed by atoms with Crippen LogP contribution in [0.2, 0.25) is 5.02 Å². The van der Waals surface area contributed by atoms with Gasteiger partial charge in [0, 0.05) is 0 Å². The molecule has 0 aliphatic carbocycles. The summed E-state index contributed by atoms with van der Waals surface area (Å²) < 4.78 is 10.2. The molecule has 76 valence electrons. The van der Waals surface area contributed by atoms with Gasteiger partial charge in [-0.25, -0.2) is 0 Å². The van der Waals surface area contributed by atoms with Crippen molar-refractivity contribution in [1.29, 1.82) is 0 Å². The molecule has 1 aromatic carbocycles. The van der Waals surface area contributed by atoms with Crippen LogP contribution >= 0.6 is 27.5 Å². The van der Waals surface area contributed by atoms with E-state index in [4.69, 9.17) is 21.1 Å². The molecule has 1 fully saturated rings. The summed E-state index contributed by atoms with van der Waals surface area (Å²) in [5.41, 5.74) is 1.13. The van der Waals surface area contributed by atoms with Crippen molar-refractivity contribution in [1.82, 2.24) is 0 Å². The Labute approximate surface area is 96.3 Å². The lowest BCUT2D eigenvalue weighted by Crippen LogP contribution is -2.40. The fraction of sp³-hybridized carbons (Fsp3) is 0.400. The van der Waals surface area contributed by atoms with E-state index in [1.54, 1.807) is 7.11 Å². The van der Waals surface area contributed by atoms with Crippen LogP contribution in [-0.2, 0) is 9.06 Å². The molecule has 0 N–H and O–H groups in total.